The summed E-state index contributed by atoms with van der Waals surface area (Å²) in [5.41, 5.74) is 2.90. The van der Waals surface area contributed by atoms with E-state index in [4.69, 9.17) is 0 Å². The zero-order chi connectivity index (χ0) is 9.26. The van der Waals surface area contributed by atoms with Crippen LogP contribution in [0.4, 0.5) is 0 Å². The van der Waals surface area contributed by atoms with E-state index in [1.807, 2.05) is 23.1 Å². The van der Waals surface area contributed by atoms with E-state index in [-0.39, 0.29) is 0 Å². The van der Waals surface area contributed by atoms with Crippen molar-refractivity contribution in [2.75, 3.05) is 6.26 Å². The minimum absolute atomic E-state index is 1.13. The summed E-state index contributed by atoms with van der Waals surface area (Å²) in [6.45, 7) is 2.19. The molecule has 2 heteroatoms. The molecule has 0 unspecified atom stereocenters. The Labute approximate surface area is 87.0 Å². The van der Waals surface area contributed by atoms with E-state index in [0.29, 0.717) is 0 Å². The number of aryl methyl sites for hydroxylation is 1. The van der Waals surface area contributed by atoms with Crippen molar-refractivity contribution in [3.63, 3.8) is 0 Å². The lowest BCUT2D eigenvalue weighted by Crippen LogP contribution is -1.79. The molecule has 1 aromatic heterocycles. The molecular formula is C11H12S2. The van der Waals surface area contributed by atoms with E-state index >= 15 is 0 Å². The summed E-state index contributed by atoms with van der Waals surface area (Å²) in [7, 11) is 0. The van der Waals surface area contributed by atoms with Gasteiger partial charge in [-0.3, -0.25) is 0 Å². The fraction of sp³-hybridized carbons (Fsp3) is 0.273. The number of thiophene rings is 1. The van der Waals surface area contributed by atoms with Gasteiger partial charge in [-0.1, -0.05) is 12.1 Å². The van der Waals surface area contributed by atoms with Crippen LogP contribution in [0.15, 0.2) is 23.6 Å². The highest BCUT2D eigenvalue weighted by atomic mass is 32.2. The van der Waals surface area contributed by atoms with Gasteiger partial charge in [0, 0.05) is 10.5 Å². The highest BCUT2D eigenvalue weighted by Gasteiger charge is 2.04. The Hall–Kier alpha value is -0.470. The molecule has 0 amide bonds. The third-order valence-corrected chi connectivity index (χ3v) is 3.78. The van der Waals surface area contributed by atoms with Gasteiger partial charge in [0.2, 0.25) is 0 Å². The predicted octanol–water partition coefficient (Wildman–Crippen LogP) is 4.07. The molecule has 0 nitrogen and oxygen atoms in total. The molecule has 0 aliphatic heterocycles. The molecule has 0 aliphatic rings. The molecule has 1 aromatic carbocycles. The molecule has 0 saturated carbocycles. The van der Waals surface area contributed by atoms with Crippen LogP contribution in [-0.2, 0) is 5.75 Å². The molecule has 0 fully saturated rings. The van der Waals surface area contributed by atoms with Crippen LogP contribution in [-0.4, -0.2) is 6.26 Å². The molecule has 1 heterocycles. The van der Waals surface area contributed by atoms with Gasteiger partial charge >= 0.3 is 0 Å². The van der Waals surface area contributed by atoms with E-state index in [1.54, 1.807) is 0 Å². The highest BCUT2D eigenvalue weighted by molar-refractivity contribution is 7.97. The number of rotatable bonds is 2. The van der Waals surface area contributed by atoms with Crippen LogP contribution in [0.1, 0.15) is 11.1 Å². The standard InChI is InChI=1S/C11H12S2/c1-8-4-3-5-10-11(8)9(6-12-2)7-13-10/h3-5,7H,6H2,1-2H3. The zero-order valence-electron chi connectivity index (χ0n) is 7.83. The van der Waals surface area contributed by atoms with E-state index in [1.165, 1.54) is 21.2 Å². The van der Waals surface area contributed by atoms with Crippen molar-refractivity contribution in [1.29, 1.82) is 0 Å². The van der Waals surface area contributed by atoms with Crippen LogP contribution in [0.5, 0.6) is 0 Å². The van der Waals surface area contributed by atoms with Crippen LogP contribution in [0.25, 0.3) is 10.1 Å². The number of hydrogen-bond acceptors (Lipinski definition) is 2. The molecule has 0 bridgehead atoms. The SMILES string of the molecule is CSCc1csc2cccc(C)c12. The molecule has 13 heavy (non-hydrogen) atoms. The summed E-state index contributed by atoms with van der Waals surface area (Å²) in [5, 5.41) is 3.76. The van der Waals surface area contributed by atoms with Crippen molar-refractivity contribution in [3.05, 3.63) is 34.7 Å². The molecule has 0 N–H and O–H groups in total. The lowest BCUT2D eigenvalue weighted by Gasteiger charge is -1.99. The third kappa shape index (κ3) is 1.61. The number of fused-ring (bicyclic) bond motifs is 1. The Bertz CT molecular complexity index is 415. The zero-order valence-corrected chi connectivity index (χ0v) is 9.47. The summed E-state index contributed by atoms with van der Waals surface area (Å²) in [6, 6.07) is 6.53. The summed E-state index contributed by atoms with van der Waals surface area (Å²) in [5.74, 6) is 1.13. The second-order valence-corrected chi connectivity index (χ2v) is 4.92. The number of hydrogen-bond donors (Lipinski definition) is 0. The Kier molecular flexibility index (Phi) is 2.61. The van der Waals surface area contributed by atoms with Gasteiger partial charge in [-0.2, -0.15) is 11.8 Å². The lowest BCUT2D eigenvalue weighted by atomic mass is 10.1. The van der Waals surface area contributed by atoms with Crippen LogP contribution in [0.2, 0.25) is 0 Å². The molecule has 2 aromatic rings. The molecule has 0 radical (unpaired) electrons. The fourth-order valence-electron chi connectivity index (χ4n) is 1.61. The third-order valence-electron chi connectivity index (χ3n) is 2.18. The quantitative estimate of drug-likeness (QED) is 0.717. The molecule has 0 aliphatic carbocycles. The first kappa shape index (κ1) is 9.10. The van der Waals surface area contributed by atoms with E-state index < -0.39 is 0 Å². The topological polar surface area (TPSA) is 0 Å². The van der Waals surface area contributed by atoms with Crippen LogP contribution in [0.3, 0.4) is 0 Å². The predicted molar refractivity (Wildman–Crippen MR) is 63.8 cm³/mol. The minimum Gasteiger partial charge on any atom is -0.161 e. The van der Waals surface area contributed by atoms with Gasteiger partial charge in [-0.25, -0.2) is 0 Å². The van der Waals surface area contributed by atoms with Gasteiger partial charge in [0.25, 0.3) is 0 Å². The minimum atomic E-state index is 1.13. The second kappa shape index (κ2) is 3.72. The van der Waals surface area contributed by atoms with Gasteiger partial charge in [0.05, 0.1) is 0 Å². The smallest absolute Gasteiger partial charge is 0.0348 e. The van der Waals surface area contributed by atoms with Crippen LogP contribution < -0.4 is 0 Å². The van der Waals surface area contributed by atoms with Crippen molar-refractivity contribution in [2.45, 2.75) is 12.7 Å². The van der Waals surface area contributed by atoms with Crippen molar-refractivity contribution < 1.29 is 0 Å². The first-order valence-corrected chi connectivity index (χ1v) is 6.55. The summed E-state index contributed by atoms with van der Waals surface area (Å²) < 4.78 is 1.42. The van der Waals surface area contributed by atoms with Crippen molar-refractivity contribution in [1.82, 2.24) is 0 Å². The van der Waals surface area contributed by atoms with Gasteiger partial charge in [0.1, 0.15) is 0 Å². The maximum atomic E-state index is 2.29. The molecule has 0 spiro atoms. The van der Waals surface area contributed by atoms with E-state index in [2.05, 4.69) is 36.8 Å². The Morgan fingerprint density at radius 1 is 1.38 bits per heavy atom. The molecular weight excluding hydrogens is 196 g/mol. The largest absolute Gasteiger partial charge is 0.161 e. The maximum Gasteiger partial charge on any atom is 0.0348 e. The van der Waals surface area contributed by atoms with Gasteiger partial charge in [-0.05, 0) is 41.1 Å². The maximum absolute atomic E-state index is 2.29. The normalized spacial score (nSPS) is 10.9. The number of benzene rings is 1. The van der Waals surface area contributed by atoms with Crippen LogP contribution in [0, 0.1) is 6.92 Å². The molecule has 68 valence electrons. The first-order chi connectivity index (χ1) is 6.33. The summed E-state index contributed by atoms with van der Waals surface area (Å²) in [6.07, 6.45) is 2.15. The van der Waals surface area contributed by atoms with Gasteiger partial charge < -0.3 is 0 Å². The second-order valence-electron chi connectivity index (χ2n) is 3.14. The fourth-order valence-corrected chi connectivity index (χ4v) is 3.29. The van der Waals surface area contributed by atoms with Gasteiger partial charge in [-0.15, -0.1) is 11.3 Å². The highest BCUT2D eigenvalue weighted by Crippen LogP contribution is 2.30. The monoisotopic (exact) mass is 208 g/mol. The van der Waals surface area contributed by atoms with Crippen molar-refractivity contribution in [3.8, 4) is 0 Å². The molecule has 2 rings (SSSR count). The molecule has 0 atom stereocenters. The Balaban J connectivity index is 2.64. The first-order valence-electron chi connectivity index (χ1n) is 4.27. The average molecular weight is 208 g/mol. The summed E-state index contributed by atoms with van der Waals surface area (Å²) in [4.78, 5) is 0. The Morgan fingerprint density at radius 3 is 3.00 bits per heavy atom. The van der Waals surface area contributed by atoms with Gasteiger partial charge in [0.15, 0.2) is 0 Å². The van der Waals surface area contributed by atoms with E-state index in [0.717, 1.165) is 5.75 Å². The van der Waals surface area contributed by atoms with Crippen molar-refractivity contribution in [2.24, 2.45) is 0 Å². The summed E-state index contributed by atoms with van der Waals surface area (Å²) >= 11 is 3.74. The average Bonchev–Trinajstić information content (AvgIpc) is 2.51. The Morgan fingerprint density at radius 2 is 2.23 bits per heavy atom. The van der Waals surface area contributed by atoms with Crippen LogP contribution >= 0.6 is 23.1 Å². The molecule has 0 saturated heterocycles. The lowest BCUT2D eigenvalue weighted by molar-refractivity contribution is 1.47. The van der Waals surface area contributed by atoms with Crippen molar-refractivity contribution >= 4 is 33.2 Å². The number of thioether (sulfide) groups is 1. The van der Waals surface area contributed by atoms with E-state index in [9.17, 15) is 0 Å².